The summed E-state index contributed by atoms with van der Waals surface area (Å²) in [7, 11) is 0. The third-order valence-corrected chi connectivity index (χ3v) is 3.13. The molecule has 0 saturated carbocycles. The van der Waals surface area contributed by atoms with E-state index < -0.39 is 0 Å². The quantitative estimate of drug-likeness (QED) is 0.859. The summed E-state index contributed by atoms with van der Waals surface area (Å²) in [5.74, 6) is 0. The van der Waals surface area contributed by atoms with E-state index in [2.05, 4.69) is 54.5 Å². The Morgan fingerprint density at radius 1 is 1.17 bits per heavy atom. The van der Waals surface area contributed by atoms with Crippen LogP contribution >= 0.6 is 0 Å². The molecule has 2 aromatic rings. The molecular weight excluding hydrogens is 220 g/mol. The summed E-state index contributed by atoms with van der Waals surface area (Å²) in [6, 6.07) is 13.1. The first-order valence-electron chi connectivity index (χ1n) is 6.47. The predicted molar refractivity (Wildman–Crippen MR) is 76.8 cm³/mol. The summed E-state index contributed by atoms with van der Waals surface area (Å²) < 4.78 is 0. The van der Waals surface area contributed by atoms with E-state index in [0.29, 0.717) is 6.04 Å². The van der Waals surface area contributed by atoms with Gasteiger partial charge in [0.05, 0.1) is 0 Å². The number of nitrogens with one attached hydrogen (secondary N) is 1. The third kappa shape index (κ3) is 3.59. The monoisotopic (exact) mass is 240 g/mol. The van der Waals surface area contributed by atoms with Crippen molar-refractivity contribution in [2.75, 3.05) is 5.32 Å². The minimum absolute atomic E-state index is 0.464. The molecule has 1 N–H and O–H groups in total. The molecule has 2 rings (SSSR count). The minimum atomic E-state index is 0.464. The van der Waals surface area contributed by atoms with Crippen molar-refractivity contribution in [3.63, 3.8) is 0 Å². The van der Waals surface area contributed by atoms with Gasteiger partial charge in [0.25, 0.3) is 0 Å². The molecule has 1 aromatic carbocycles. The molecule has 0 aliphatic carbocycles. The van der Waals surface area contributed by atoms with Gasteiger partial charge in [-0.1, -0.05) is 30.3 Å². The van der Waals surface area contributed by atoms with Crippen LogP contribution in [0, 0.1) is 6.92 Å². The zero-order valence-corrected chi connectivity index (χ0v) is 11.1. The van der Waals surface area contributed by atoms with E-state index in [1.165, 1.54) is 16.8 Å². The van der Waals surface area contributed by atoms with Crippen molar-refractivity contribution < 1.29 is 0 Å². The highest BCUT2D eigenvalue weighted by Gasteiger charge is 2.04. The molecule has 0 amide bonds. The van der Waals surface area contributed by atoms with Gasteiger partial charge in [-0.2, -0.15) is 0 Å². The van der Waals surface area contributed by atoms with Gasteiger partial charge >= 0.3 is 0 Å². The molecule has 18 heavy (non-hydrogen) atoms. The van der Waals surface area contributed by atoms with Crippen molar-refractivity contribution in [1.29, 1.82) is 0 Å². The summed E-state index contributed by atoms with van der Waals surface area (Å²) in [5.41, 5.74) is 3.78. The van der Waals surface area contributed by atoms with E-state index in [1.54, 1.807) is 0 Å². The average Bonchev–Trinajstić information content (AvgIpc) is 2.40. The van der Waals surface area contributed by atoms with Crippen LogP contribution < -0.4 is 5.32 Å². The van der Waals surface area contributed by atoms with Gasteiger partial charge < -0.3 is 5.32 Å². The Bertz CT molecular complexity index is 479. The number of pyridine rings is 1. The van der Waals surface area contributed by atoms with E-state index in [9.17, 15) is 0 Å². The van der Waals surface area contributed by atoms with Gasteiger partial charge in [-0.15, -0.1) is 0 Å². The molecule has 0 bridgehead atoms. The molecule has 0 saturated heterocycles. The number of aromatic nitrogens is 1. The van der Waals surface area contributed by atoms with Crippen LogP contribution in [-0.2, 0) is 6.42 Å². The van der Waals surface area contributed by atoms with Gasteiger partial charge in [0.1, 0.15) is 0 Å². The summed E-state index contributed by atoms with van der Waals surface area (Å²) in [4.78, 5) is 4.11. The summed E-state index contributed by atoms with van der Waals surface area (Å²) in [6.07, 6.45) is 5.97. The van der Waals surface area contributed by atoms with Crippen LogP contribution in [0.3, 0.4) is 0 Å². The Balaban J connectivity index is 1.86. The lowest BCUT2D eigenvalue weighted by Gasteiger charge is -2.16. The normalized spacial score (nSPS) is 12.1. The molecule has 1 heterocycles. The van der Waals surface area contributed by atoms with Gasteiger partial charge in [-0.25, -0.2) is 0 Å². The summed E-state index contributed by atoms with van der Waals surface area (Å²) >= 11 is 0. The van der Waals surface area contributed by atoms with E-state index in [-0.39, 0.29) is 0 Å². The molecule has 2 nitrogen and oxygen atoms in total. The van der Waals surface area contributed by atoms with Crippen LogP contribution in [0.1, 0.15) is 24.5 Å². The molecule has 0 fully saturated rings. The number of anilines is 1. The Morgan fingerprint density at radius 3 is 2.67 bits per heavy atom. The largest absolute Gasteiger partial charge is 0.382 e. The molecule has 0 radical (unpaired) electrons. The van der Waals surface area contributed by atoms with Crippen LogP contribution in [0.25, 0.3) is 0 Å². The molecule has 1 atom stereocenters. The molecule has 2 heteroatoms. The fourth-order valence-electron chi connectivity index (χ4n) is 2.00. The van der Waals surface area contributed by atoms with Crippen LogP contribution in [0.2, 0.25) is 0 Å². The average molecular weight is 240 g/mol. The second kappa shape index (κ2) is 6.20. The number of aryl methyl sites for hydroxylation is 2. The Morgan fingerprint density at radius 2 is 1.94 bits per heavy atom. The standard InChI is InChI=1S/C16H20N2/c1-13-12-17-11-10-16(13)18-14(2)8-9-15-6-4-3-5-7-15/h3-7,10-12,14H,8-9H2,1-2H3,(H,17,18). The summed E-state index contributed by atoms with van der Waals surface area (Å²) in [6.45, 7) is 4.31. The maximum atomic E-state index is 4.11. The van der Waals surface area contributed by atoms with Crippen molar-refractivity contribution >= 4 is 5.69 Å². The second-order valence-electron chi connectivity index (χ2n) is 4.76. The van der Waals surface area contributed by atoms with Crippen molar-refractivity contribution in [2.45, 2.75) is 32.7 Å². The van der Waals surface area contributed by atoms with Crippen LogP contribution in [0.5, 0.6) is 0 Å². The number of nitrogens with zero attached hydrogens (tertiary/aromatic N) is 1. The fraction of sp³-hybridized carbons (Fsp3) is 0.312. The highest BCUT2D eigenvalue weighted by atomic mass is 14.9. The zero-order chi connectivity index (χ0) is 12.8. The number of hydrogen-bond acceptors (Lipinski definition) is 2. The number of rotatable bonds is 5. The zero-order valence-electron chi connectivity index (χ0n) is 11.1. The highest BCUT2D eigenvalue weighted by Crippen LogP contribution is 2.15. The predicted octanol–water partition coefficient (Wildman–Crippen LogP) is 3.82. The SMILES string of the molecule is Cc1cnccc1NC(C)CCc1ccccc1. The van der Waals surface area contributed by atoms with E-state index in [0.717, 1.165) is 12.8 Å². The van der Waals surface area contributed by atoms with Gasteiger partial charge in [0, 0.05) is 24.1 Å². The minimum Gasteiger partial charge on any atom is -0.382 e. The van der Waals surface area contributed by atoms with Crippen molar-refractivity contribution in [3.05, 3.63) is 59.9 Å². The van der Waals surface area contributed by atoms with E-state index in [1.807, 2.05) is 18.5 Å². The van der Waals surface area contributed by atoms with Gasteiger partial charge in [-0.05, 0) is 43.9 Å². The molecular formula is C16H20N2. The van der Waals surface area contributed by atoms with E-state index in [4.69, 9.17) is 0 Å². The number of hydrogen-bond donors (Lipinski definition) is 1. The lowest BCUT2D eigenvalue weighted by Crippen LogP contribution is -2.16. The van der Waals surface area contributed by atoms with Gasteiger partial charge in [0.2, 0.25) is 0 Å². The molecule has 0 aliphatic heterocycles. The van der Waals surface area contributed by atoms with Crippen molar-refractivity contribution in [2.24, 2.45) is 0 Å². The van der Waals surface area contributed by atoms with E-state index >= 15 is 0 Å². The van der Waals surface area contributed by atoms with Gasteiger partial charge in [-0.3, -0.25) is 4.98 Å². The number of benzene rings is 1. The lowest BCUT2D eigenvalue weighted by molar-refractivity contribution is 0.705. The first kappa shape index (κ1) is 12.6. The Kier molecular flexibility index (Phi) is 4.35. The molecule has 94 valence electrons. The van der Waals surface area contributed by atoms with Crippen molar-refractivity contribution in [3.8, 4) is 0 Å². The molecule has 1 unspecified atom stereocenters. The van der Waals surface area contributed by atoms with Crippen molar-refractivity contribution in [1.82, 2.24) is 4.98 Å². The lowest BCUT2D eigenvalue weighted by atomic mass is 10.1. The maximum Gasteiger partial charge on any atom is 0.0402 e. The Labute approximate surface area is 109 Å². The Hall–Kier alpha value is -1.83. The van der Waals surface area contributed by atoms with Crippen LogP contribution in [0.15, 0.2) is 48.8 Å². The summed E-state index contributed by atoms with van der Waals surface area (Å²) in [5, 5.41) is 3.54. The smallest absolute Gasteiger partial charge is 0.0402 e. The molecule has 0 spiro atoms. The van der Waals surface area contributed by atoms with Crippen LogP contribution in [-0.4, -0.2) is 11.0 Å². The first-order chi connectivity index (χ1) is 8.75. The fourth-order valence-corrected chi connectivity index (χ4v) is 2.00. The topological polar surface area (TPSA) is 24.9 Å². The maximum absolute atomic E-state index is 4.11. The molecule has 0 aliphatic rings. The van der Waals surface area contributed by atoms with Gasteiger partial charge in [0.15, 0.2) is 0 Å². The molecule has 1 aromatic heterocycles. The highest BCUT2D eigenvalue weighted by molar-refractivity contribution is 5.49. The second-order valence-corrected chi connectivity index (χ2v) is 4.76. The first-order valence-corrected chi connectivity index (χ1v) is 6.47. The third-order valence-electron chi connectivity index (χ3n) is 3.13. The van der Waals surface area contributed by atoms with Crippen LogP contribution in [0.4, 0.5) is 5.69 Å².